The summed E-state index contributed by atoms with van der Waals surface area (Å²) in [6, 6.07) is 4.19. The van der Waals surface area contributed by atoms with E-state index in [1.54, 1.807) is 0 Å². The average molecular weight is 246 g/mol. The molecule has 0 bridgehead atoms. The summed E-state index contributed by atoms with van der Waals surface area (Å²) in [6.07, 6.45) is 1.09. The Balaban J connectivity index is 1.91. The molecule has 2 aromatic heterocycles. The third-order valence-electron chi connectivity index (χ3n) is 2.99. The van der Waals surface area contributed by atoms with Crippen molar-refractivity contribution in [3.8, 4) is 0 Å². The van der Waals surface area contributed by atoms with Crippen LogP contribution in [0.15, 0.2) is 17.5 Å². The molecule has 0 fully saturated rings. The van der Waals surface area contributed by atoms with Gasteiger partial charge in [-0.05, 0) is 30.4 Å². The molecule has 1 aliphatic rings. The number of nitrogens with two attached hydrogens (primary N) is 1. The summed E-state index contributed by atoms with van der Waals surface area (Å²) in [5.74, 6) is 1.29. The van der Waals surface area contributed by atoms with Crippen molar-refractivity contribution in [2.24, 2.45) is 0 Å². The van der Waals surface area contributed by atoms with Crippen molar-refractivity contribution in [2.75, 3.05) is 17.2 Å². The molecule has 0 atom stereocenters. The van der Waals surface area contributed by atoms with Gasteiger partial charge in [0, 0.05) is 29.7 Å². The molecule has 88 valence electrons. The smallest absolute Gasteiger partial charge is 0.222 e. The zero-order chi connectivity index (χ0) is 11.8. The van der Waals surface area contributed by atoms with Crippen molar-refractivity contribution in [2.45, 2.75) is 19.9 Å². The number of hydrogen-bond donors (Lipinski definition) is 1. The summed E-state index contributed by atoms with van der Waals surface area (Å²) in [4.78, 5) is 12.2. The number of hydrogen-bond acceptors (Lipinski definition) is 5. The van der Waals surface area contributed by atoms with Crippen LogP contribution in [0.25, 0.3) is 0 Å². The van der Waals surface area contributed by atoms with Crippen LogP contribution in [0.2, 0.25) is 0 Å². The van der Waals surface area contributed by atoms with E-state index in [1.165, 1.54) is 10.4 Å². The SMILES string of the molecule is Cc1cc(N2CCc3sccc3C2)nc(N)n1. The van der Waals surface area contributed by atoms with Crippen molar-refractivity contribution >= 4 is 23.1 Å². The number of nitrogen functional groups attached to an aromatic ring is 1. The Bertz CT molecular complexity index is 529. The molecule has 17 heavy (non-hydrogen) atoms. The minimum atomic E-state index is 0.358. The Kier molecular flexibility index (Phi) is 2.48. The molecule has 0 aromatic carbocycles. The standard InChI is InChI=1S/C12H14N4S/c1-8-6-11(15-12(13)14-8)16-4-2-10-9(7-16)3-5-17-10/h3,5-6H,2,4,7H2,1H3,(H2,13,14,15). The lowest BCUT2D eigenvalue weighted by Crippen LogP contribution is -2.30. The maximum Gasteiger partial charge on any atom is 0.222 e. The van der Waals surface area contributed by atoms with Gasteiger partial charge in [-0.1, -0.05) is 0 Å². The van der Waals surface area contributed by atoms with E-state index >= 15 is 0 Å². The molecule has 2 N–H and O–H groups in total. The topological polar surface area (TPSA) is 55.0 Å². The second kappa shape index (κ2) is 4.00. The van der Waals surface area contributed by atoms with E-state index in [0.29, 0.717) is 5.95 Å². The van der Waals surface area contributed by atoms with E-state index in [1.807, 2.05) is 24.3 Å². The van der Waals surface area contributed by atoms with Gasteiger partial charge in [0.1, 0.15) is 5.82 Å². The van der Waals surface area contributed by atoms with E-state index in [2.05, 4.69) is 26.3 Å². The van der Waals surface area contributed by atoms with Crippen LogP contribution in [0.4, 0.5) is 11.8 Å². The molecular formula is C12H14N4S. The number of aromatic nitrogens is 2. The summed E-state index contributed by atoms with van der Waals surface area (Å²) in [7, 11) is 0. The maximum absolute atomic E-state index is 5.69. The summed E-state index contributed by atoms with van der Waals surface area (Å²) in [5.41, 5.74) is 8.03. The number of aryl methyl sites for hydroxylation is 1. The third kappa shape index (κ3) is 1.98. The highest BCUT2D eigenvalue weighted by atomic mass is 32.1. The van der Waals surface area contributed by atoms with Crippen LogP contribution >= 0.6 is 11.3 Å². The van der Waals surface area contributed by atoms with Gasteiger partial charge in [-0.3, -0.25) is 0 Å². The quantitative estimate of drug-likeness (QED) is 0.836. The van der Waals surface area contributed by atoms with E-state index in [9.17, 15) is 0 Å². The number of fused-ring (bicyclic) bond motifs is 1. The van der Waals surface area contributed by atoms with Crippen molar-refractivity contribution < 1.29 is 0 Å². The number of anilines is 2. The van der Waals surface area contributed by atoms with Gasteiger partial charge in [0.05, 0.1) is 0 Å². The Hall–Kier alpha value is -1.62. The summed E-state index contributed by atoms with van der Waals surface area (Å²) in [5, 5.41) is 2.16. The van der Waals surface area contributed by atoms with Crippen LogP contribution in [0.3, 0.4) is 0 Å². The number of nitrogens with zero attached hydrogens (tertiary/aromatic N) is 3. The first-order chi connectivity index (χ1) is 8.22. The Morgan fingerprint density at radius 1 is 1.41 bits per heavy atom. The highest BCUT2D eigenvalue weighted by Crippen LogP contribution is 2.27. The van der Waals surface area contributed by atoms with Crippen molar-refractivity contribution in [1.82, 2.24) is 9.97 Å². The molecule has 0 saturated heterocycles. The summed E-state index contributed by atoms with van der Waals surface area (Å²) in [6.45, 7) is 3.87. The highest BCUT2D eigenvalue weighted by molar-refractivity contribution is 7.10. The molecule has 0 saturated carbocycles. The number of rotatable bonds is 1. The minimum absolute atomic E-state index is 0.358. The van der Waals surface area contributed by atoms with E-state index in [0.717, 1.165) is 31.0 Å². The minimum Gasteiger partial charge on any atom is -0.368 e. The zero-order valence-corrected chi connectivity index (χ0v) is 10.5. The summed E-state index contributed by atoms with van der Waals surface area (Å²) >= 11 is 1.84. The number of thiophene rings is 1. The lowest BCUT2D eigenvalue weighted by atomic mass is 10.1. The van der Waals surface area contributed by atoms with Crippen LogP contribution in [-0.4, -0.2) is 16.5 Å². The first-order valence-corrected chi connectivity index (χ1v) is 6.52. The Morgan fingerprint density at radius 2 is 2.29 bits per heavy atom. The molecule has 0 aliphatic carbocycles. The molecular weight excluding hydrogens is 232 g/mol. The monoisotopic (exact) mass is 246 g/mol. The van der Waals surface area contributed by atoms with E-state index in [-0.39, 0.29) is 0 Å². The lowest BCUT2D eigenvalue weighted by Gasteiger charge is -2.28. The molecule has 3 rings (SSSR count). The van der Waals surface area contributed by atoms with Crippen molar-refractivity contribution in [1.29, 1.82) is 0 Å². The normalized spacial score (nSPS) is 14.8. The van der Waals surface area contributed by atoms with Gasteiger partial charge >= 0.3 is 0 Å². The van der Waals surface area contributed by atoms with Gasteiger partial charge in [0.2, 0.25) is 5.95 Å². The first kappa shape index (κ1) is 10.5. The lowest BCUT2D eigenvalue weighted by molar-refractivity contribution is 0.730. The predicted molar refractivity (Wildman–Crippen MR) is 70.3 cm³/mol. The first-order valence-electron chi connectivity index (χ1n) is 5.64. The van der Waals surface area contributed by atoms with Gasteiger partial charge in [0.25, 0.3) is 0 Å². The molecule has 4 nitrogen and oxygen atoms in total. The van der Waals surface area contributed by atoms with Gasteiger partial charge in [-0.15, -0.1) is 11.3 Å². The van der Waals surface area contributed by atoms with Crippen LogP contribution < -0.4 is 10.6 Å². The molecule has 2 aromatic rings. The fraction of sp³-hybridized carbons (Fsp3) is 0.333. The second-order valence-electron chi connectivity index (χ2n) is 4.27. The van der Waals surface area contributed by atoms with Crippen LogP contribution in [0.1, 0.15) is 16.1 Å². The largest absolute Gasteiger partial charge is 0.368 e. The Morgan fingerprint density at radius 3 is 3.12 bits per heavy atom. The molecule has 0 spiro atoms. The van der Waals surface area contributed by atoms with Crippen molar-refractivity contribution in [3.05, 3.63) is 33.6 Å². The van der Waals surface area contributed by atoms with E-state index in [4.69, 9.17) is 5.73 Å². The van der Waals surface area contributed by atoms with Crippen LogP contribution in [0, 0.1) is 6.92 Å². The zero-order valence-electron chi connectivity index (χ0n) is 9.68. The molecule has 5 heteroatoms. The van der Waals surface area contributed by atoms with E-state index < -0.39 is 0 Å². The average Bonchev–Trinajstić information content (AvgIpc) is 2.74. The van der Waals surface area contributed by atoms with Gasteiger partial charge in [-0.25, -0.2) is 4.98 Å². The molecule has 0 radical (unpaired) electrons. The second-order valence-corrected chi connectivity index (χ2v) is 5.27. The van der Waals surface area contributed by atoms with Crippen LogP contribution in [0.5, 0.6) is 0 Å². The Labute approximate surface area is 104 Å². The third-order valence-corrected chi connectivity index (χ3v) is 4.01. The van der Waals surface area contributed by atoms with Gasteiger partial charge < -0.3 is 10.6 Å². The van der Waals surface area contributed by atoms with Gasteiger partial charge in [-0.2, -0.15) is 4.98 Å². The van der Waals surface area contributed by atoms with Gasteiger partial charge in [0.15, 0.2) is 0 Å². The maximum atomic E-state index is 5.69. The summed E-state index contributed by atoms with van der Waals surface area (Å²) < 4.78 is 0. The fourth-order valence-electron chi connectivity index (χ4n) is 2.18. The molecule has 0 amide bonds. The molecule has 0 unspecified atom stereocenters. The molecule has 3 heterocycles. The highest BCUT2D eigenvalue weighted by Gasteiger charge is 2.18. The predicted octanol–water partition coefficient (Wildman–Crippen LogP) is 1.99. The van der Waals surface area contributed by atoms with Crippen LogP contribution in [-0.2, 0) is 13.0 Å². The fourth-order valence-corrected chi connectivity index (χ4v) is 3.07. The molecule has 1 aliphatic heterocycles. The van der Waals surface area contributed by atoms with Crippen molar-refractivity contribution in [3.63, 3.8) is 0 Å².